The minimum atomic E-state index is 0. The molecule has 0 amide bonds. The Hall–Kier alpha value is -0.260. The quantitative estimate of drug-likeness (QED) is 0.511. The van der Waals surface area contributed by atoms with Gasteiger partial charge in [-0.2, -0.15) is 0 Å². The average Bonchev–Trinajstić information content (AvgIpc) is 2.04. The summed E-state index contributed by atoms with van der Waals surface area (Å²) in [6, 6.07) is 0. The normalized spacial score (nSPS) is 10.1. The summed E-state index contributed by atoms with van der Waals surface area (Å²) in [4.78, 5) is 0. The van der Waals surface area contributed by atoms with E-state index in [9.17, 15) is 0 Å². The van der Waals surface area contributed by atoms with E-state index in [1.165, 1.54) is 18.4 Å². The van der Waals surface area contributed by atoms with Crippen molar-refractivity contribution in [3.63, 3.8) is 0 Å². The van der Waals surface area contributed by atoms with Crippen molar-refractivity contribution in [2.75, 3.05) is 0 Å². The van der Waals surface area contributed by atoms with Crippen LogP contribution >= 0.6 is 0 Å². The largest absolute Gasteiger partial charge is 0.0887 e. The molecule has 76 valence electrons. The highest BCUT2D eigenvalue weighted by atomic mass is 13.9. The lowest BCUT2D eigenvalue weighted by Crippen LogP contribution is -1.77. The van der Waals surface area contributed by atoms with Crippen LogP contribution in [0.1, 0.15) is 61.8 Å². The summed E-state index contributed by atoms with van der Waals surface area (Å²) in [5, 5.41) is 0. The highest BCUT2D eigenvalue weighted by Gasteiger charge is 1.80. The fourth-order valence-corrected chi connectivity index (χ4v) is 0.204. The Morgan fingerprint density at radius 2 is 1.58 bits per heavy atom. The Morgan fingerprint density at radius 1 is 1.25 bits per heavy atom. The Labute approximate surface area is 80.1 Å². The first-order valence-corrected chi connectivity index (χ1v) is 4.70. The van der Waals surface area contributed by atoms with Crippen LogP contribution in [0.5, 0.6) is 0 Å². The molecule has 0 atom stereocenters. The first-order valence-electron chi connectivity index (χ1n) is 4.70. The van der Waals surface area contributed by atoms with Crippen molar-refractivity contribution < 1.29 is 0 Å². The van der Waals surface area contributed by atoms with Crippen molar-refractivity contribution >= 4 is 0 Å². The van der Waals surface area contributed by atoms with Crippen LogP contribution in [0.15, 0.2) is 11.6 Å². The Bertz CT molecular complexity index is 88.2. The molecule has 0 nitrogen and oxygen atoms in total. The van der Waals surface area contributed by atoms with E-state index in [-0.39, 0.29) is 7.43 Å². The summed E-state index contributed by atoms with van der Waals surface area (Å²) in [6.45, 7) is 13.0. The molecule has 0 aromatic heterocycles. The number of hydrogen-bond donors (Lipinski definition) is 0. The summed E-state index contributed by atoms with van der Waals surface area (Å²) in [6.07, 6.45) is 4.64. The molecule has 0 fully saturated rings. The molecule has 0 heteroatoms. The van der Waals surface area contributed by atoms with E-state index in [0.717, 1.165) is 5.92 Å². The zero-order valence-electron chi connectivity index (χ0n) is 9.07. The molecule has 0 unspecified atom stereocenters. The minimum Gasteiger partial charge on any atom is -0.0887 e. The van der Waals surface area contributed by atoms with E-state index in [2.05, 4.69) is 47.6 Å². The molecule has 0 saturated carbocycles. The minimum absolute atomic E-state index is 0. The zero-order chi connectivity index (χ0) is 9.28. The van der Waals surface area contributed by atoms with Gasteiger partial charge in [0.25, 0.3) is 0 Å². The lowest BCUT2D eigenvalue weighted by molar-refractivity contribution is 0.626. The predicted molar refractivity (Wildman–Crippen MR) is 61.6 cm³/mol. The third kappa shape index (κ3) is 22.6. The summed E-state index contributed by atoms with van der Waals surface area (Å²) < 4.78 is 0. The van der Waals surface area contributed by atoms with Crippen LogP contribution < -0.4 is 0 Å². The van der Waals surface area contributed by atoms with Crippen molar-refractivity contribution in [3.05, 3.63) is 11.6 Å². The highest BCUT2D eigenvalue weighted by Crippen LogP contribution is 1.94. The number of hydrogen-bond acceptors (Lipinski definition) is 0. The molecule has 0 N–H and O–H groups in total. The molecule has 0 aromatic carbocycles. The maximum atomic E-state index is 2.22. The second kappa shape index (κ2) is 13.3. The first kappa shape index (κ1) is 17.7. The zero-order valence-corrected chi connectivity index (χ0v) is 9.07. The fraction of sp³-hybridized carbons (Fsp3) is 0.833. The van der Waals surface area contributed by atoms with Gasteiger partial charge in [0.1, 0.15) is 0 Å². The van der Waals surface area contributed by atoms with Gasteiger partial charge in [0.2, 0.25) is 0 Å². The van der Waals surface area contributed by atoms with Gasteiger partial charge in [-0.05, 0) is 26.2 Å². The molecule has 0 aliphatic heterocycles. The van der Waals surface area contributed by atoms with Gasteiger partial charge in [0.05, 0.1) is 0 Å². The van der Waals surface area contributed by atoms with E-state index in [0.29, 0.717) is 0 Å². The molecule has 0 aromatic rings. The summed E-state index contributed by atoms with van der Waals surface area (Å²) in [5.41, 5.74) is 1.47. The van der Waals surface area contributed by atoms with E-state index in [1.54, 1.807) is 0 Å². The lowest BCUT2D eigenvalue weighted by Gasteiger charge is -1.90. The molecule has 0 aliphatic rings. The summed E-state index contributed by atoms with van der Waals surface area (Å²) in [7, 11) is 0. The summed E-state index contributed by atoms with van der Waals surface area (Å²) in [5.74, 6) is 0.884. The van der Waals surface area contributed by atoms with E-state index in [4.69, 9.17) is 0 Å². The monoisotopic (exact) mass is 172 g/mol. The molecular formula is C12H28. The molecule has 0 aliphatic carbocycles. The Kier molecular flexibility index (Phi) is 19.7. The van der Waals surface area contributed by atoms with Gasteiger partial charge in [0, 0.05) is 0 Å². The van der Waals surface area contributed by atoms with Gasteiger partial charge in [0.15, 0.2) is 0 Å². The van der Waals surface area contributed by atoms with E-state index >= 15 is 0 Å². The molecule has 0 bridgehead atoms. The van der Waals surface area contributed by atoms with Crippen LogP contribution in [0.4, 0.5) is 0 Å². The molecule has 12 heavy (non-hydrogen) atoms. The first-order chi connectivity index (χ1) is 5.08. The van der Waals surface area contributed by atoms with Crippen LogP contribution in [0.2, 0.25) is 0 Å². The van der Waals surface area contributed by atoms with Crippen molar-refractivity contribution in [2.24, 2.45) is 5.92 Å². The average molecular weight is 172 g/mol. The number of rotatable bonds is 2. The predicted octanol–water partition coefficient (Wildman–Crippen LogP) is 5.05. The van der Waals surface area contributed by atoms with Crippen LogP contribution in [0.3, 0.4) is 0 Å². The molecule has 0 saturated heterocycles. The van der Waals surface area contributed by atoms with E-state index in [1.807, 2.05) is 0 Å². The molecule has 0 heterocycles. The summed E-state index contributed by atoms with van der Waals surface area (Å²) >= 11 is 0. The highest BCUT2D eigenvalue weighted by molar-refractivity contribution is 4.93. The van der Waals surface area contributed by atoms with Gasteiger partial charge in [-0.15, -0.1) is 0 Å². The second-order valence-electron chi connectivity index (χ2n) is 3.29. The molecule has 0 rings (SSSR count). The van der Waals surface area contributed by atoms with Crippen LogP contribution in [-0.2, 0) is 0 Å². The third-order valence-electron chi connectivity index (χ3n) is 1.87. The van der Waals surface area contributed by atoms with Gasteiger partial charge >= 0.3 is 0 Å². The van der Waals surface area contributed by atoms with Gasteiger partial charge < -0.3 is 0 Å². The molecule has 0 radical (unpaired) electrons. The van der Waals surface area contributed by atoms with Crippen molar-refractivity contribution in [1.82, 2.24) is 0 Å². The maximum absolute atomic E-state index is 2.22. The smallest absolute Gasteiger partial charge is 0.0352 e. The lowest BCUT2D eigenvalue weighted by atomic mass is 10.2. The van der Waals surface area contributed by atoms with Gasteiger partial charge in [-0.1, -0.05) is 53.2 Å². The van der Waals surface area contributed by atoms with Crippen molar-refractivity contribution in [3.8, 4) is 0 Å². The van der Waals surface area contributed by atoms with Crippen molar-refractivity contribution in [1.29, 1.82) is 0 Å². The van der Waals surface area contributed by atoms with Crippen LogP contribution in [-0.4, -0.2) is 0 Å². The van der Waals surface area contributed by atoms with E-state index < -0.39 is 0 Å². The fourth-order valence-electron chi connectivity index (χ4n) is 0.204. The topological polar surface area (TPSA) is 0 Å². The van der Waals surface area contributed by atoms with Crippen LogP contribution in [0.25, 0.3) is 0 Å². The number of allylic oxidation sites excluding steroid dienone is 2. The maximum Gasteiger partial charge on any atom is -0.0352 e. The van der Waals surface area contributed by atoms with Gasteiger partial charge in [-0.25, -0.2) is 0 Å². The van der Waals surface area contributed by atoms with Crippen molar-refractivity contribution in [2.45, 2.75) is 61.8 Å². The Morgan fingerprint density at radius 3 is 1.58 bits per heavy atom. The standard InChI is InChI=1S/C6H12.C5H12.CH4/c1-4-6(3)5-2;1-4-5(2)3;/h4H,5H2,1-3H3;5H,4H2,1-3H3;1H4/b6-4+;;. The second-order valence-corrected chi connectivity index (χ2v) is 3.29. The van der Waals surface area contributed by atoms with Gasteiger partial charge in [-0.3, -0.25) is 0 Å². The molecular weight excluding hydrogens is 144 g/mol. The molecule has 0 spiro atoms. The van der Waals surface area contributed by atoms with Crippen LogP contribution in [0, 0.1) is 5.92 Å². The SMILES string of the molecule is C.C/C=C(\C)CC.CCC(C)C. The third-order valence-corrected chi connectivity index (χ3v) is 1.87. The Balaban J connectivity index is -0.000000126.